The summed E-state index contributed by atoms with van der Waals surface area (Å²) in [5.41, 5.74) is 2.71. The minimum atomic E-state index is 0.884. The van der Waals surface area contributed by atoms with Gasteiger partial charge in [0.15, 0.2) is 0 Å². The third kappa shape index (κ3) is 0.941. The van der Waals surface area contributed by atoms with Crippen molar-refractivity contribution in [1.82, 2.24) is 15.0 Å². The Morgan fingerprint density at radius 3 is 2.64 bits per heavy atom. The molecule has 0 atom stereocenters. The number of nitrogens with zero attached hydrogens (tertiary/aromatic N) is 3. The maximum atomic E-state index is 4.16. The van der Waals surface area contributed by atoms with Crippen molar-refractivity contribution in [2.75, 3.05) is 0 Å². The first-order valence-electron chi connectivity index (χ1n) is 3.40. The number of hydrogen-bond donors (Lipinski definition) is 0. The zero-order chi connectivity index (χ0) is 7.68. The lowest BCUT2D eigenvalue weighted by atomic mass is 10.3. The van der Waals surface area contributed by atoms with Crippen LogP contribution < -0.4 is 0 Å². The van der Waals surface area contributed by atoms with E-state index in [1.54, 1.807) is 18.6 Å². The Labute approximate surface area is 64.1 Å². The van der Waals surface area contributed by atoms with Crippen molar-refractivity contribution in [3.8, 4) is 0 Å². The molecule has 2 rings (SSSR count). The van der Waals surface area contributed by atoms with E-state index >= 15 is 0 Å². The van der Waals surface area contributed by atoms with E-state index in [1.807, 2.05) is 13.0 Å². The molecule has 0 spiro atoms. The van der Waals surface area contributed by atoms with E-state index in [1.165, 1.54) is 0 Å². The molecule has 0 aromatic carbocycles. The molecule has 0 N–H and O–H groups in total. The summed E-state index contributed by atoms with van der Waals surface area (Å²) in [5, 5.41) is 0. The highest BCUT2D eigenvalue weighted by atomic mass is 14.8. The second kappa shape index (κ2) is 2.27. The lowest BCUT2D eigenvalue weighted by Gasteiger charge is -1.95. The Morgan fingerprint density at radius 2 is 1.82 bits per heavy atom. The monoisotopic (exact) mass is 145 g/mol. The fraction of sp³-hybridized carbons (Fsp3) is 0.125. The summed E-state index contributed by atoms with van der Waals surface area (Å²) in [4.78, 5) is 12.4. The Kier molecular flexibility index (Phi) is 1.28. The summed E-state index contributed by atoms with van der Waals surface area (Å²) in [6, 6.07) is 1.86. The van der Waals surface area contributed by atoms with E-state index in [0.29, 0.717) is 0 Å². The van der Waals surface area contributed by atoms with Gasteiger partial charge in [0.2, 0.25) is 0 Å². The van der Waals surface area contributed by atoms with E-state index < -0.39 is 0 Å². The minimum absolute atomic E-state index is 0.884. The normalized spacial score (nSPS) is 10.3. The summed E-state index contributed by atoms with van der Waals surface area (Å²) in [6.07, 6.45) is 5.10. The molecule has 54 valence electrons. The highest BCUT2D eigenvalue weighted by molar-refractivity contribution is 5.75. The quantitative estimate of drug-likeness (QED) is 0.561. The van der Waals surface area contributed by atoms with Crippen LogP contribution in [0.15, 0.2) is 24.7 Å². The molecule has 0 unspecified atom stereocenters. The van der Waals surface area contributed by atoms with Gasteiger partial charge in [0.25, 0.3) is 0 Å². The summed E-state index contributed by atoms with van der Waals surface area (Å²) >= 11 is 0. The smallest absolute Gasteiger partial charge is 0.110 e. The van der Waals surface area contributed by atoms with Crippen molar-refractivity contribution in [1.29, 1.82) is 0 Å². The standard InChI is InChI=1S/C8H7N3/c1-6-8-7(2-3-9-6)10-4-5-11-8/h2-5H,1H3. The SMILES string of the molecule is Cc1nccc2nccnc12. The molecule has 0 fully saturated rings. The van der Waals surface area contributed by atoms with Crippen LogP contribution in [0.2, 0.25) is 0 Å². The van der Waals surface area contributed by atoms with Gasteiger partial charge in [-0.2, -0.15) is 0 Å². The molecule has 0 amide bonds. The van der Waals surface area contributed by atoms with Gasteiger partial charge >= 0.3 is 0 Å². The van der Waals surface area contributed by atoms with Crippen LogP contribution in [-0.2, 0) is 0 Å². The van der Waals surface area contributed by atoms with Crippen molar-refractivity contribution in [2.45, 2.75) is 6.92 Å². The number of aromatic nitrogens is 3. The highest BCUT2D eigenvalue weighted by Crippen LogP contribution is 2.08. The molecule has 0 radical (unpaired) electrons. The molecule has 3 nitrogen and oxygen atoms in total. The van der Waals surface area contributed by atoms with Crippen LogP contribution in [0.3, 0.4) is 0 Å². The van der Waals surface area contributed by atoms with E-state index in [2.05, 4.69) is 15.0 Å². The molecule has 0 aliphatic rings. The number of rotatable bonds is 0. The molecule has 11 heavy (non-hydrogen) atoms. The largest absolute Gasteiger partial charge is 0.259 e. The second-order valence-electron chi connectivity index (χ2n) is 2.32. The fourth-order valence-corrected chi connectivity index (χ4v) is 1.03. The molecule has 2 aromatic rings. The van der Waals surface area contributed by atoms with E-state index in [-0.39, 0.29) is 0 Å². The molecular weight excluding hydrogens is 138 g/mol. The first-order chi connectivity index (χ1) is 5.38. The van der Waals surface area contributed by atoms with Gasteiger partial charge in [-0.15, -0.1) is 0 Å². The number of aryl methyl sites for hydroxylation is 1. The molecule has 2 aromatic heterocycles. The van der Waals surface area contributed by atoms with Gasteiger partial charge in [0.1, 0.15) is 5.52 Å². The maximum Gasteiger partial charge on any atom is 0.110 e. The van der Waals surface area contributed by atoms with Crippen molar-refractivity contribution in [3.63, 3.8) is 0 Å². The van der Waals surface area contributed by atoms with Crippen LogP contribution in [-0.4, -0.2) is 15.0 Å². The Morgan fingerprint density at radius 1 is 1.00 bits per heavy atom. The molecule has 0 saturated heterocycles. The first-order valence-corrected chi connectivity index (χ1v) is 3.40. The lowest BCUT2D eigenvalue weighted by molar-refractivity contribution is 1.18. The van der Waals surface area contributed by atoms with E-state index in [4.69, 9.17) is 0 Å². The zero-order valence-corrected chi connectivity index (χ0v) is 6.15. The van der Waals surface area contributed by atoms with Gasteiger partial charge in [-0.05, 0) is 13.0 Å². The van der Waals surface area contributed by atoms with Crippen LogP contribution in [0.4, 0.5) is 0 Å². The Balaban J connectivity index is 2.91. The van der Waals surface area contributed by atoms with Crippen molar-refractivity contribution >= 4 is 11.0 Å². The highest BCUT2D eigenvalue weighted by Gasteiger charge is 1.96. The summed E-state index contributed by atoms with van der Waals surface area (Å²) in [5.74, 6) is 0. The van der Waals surface area contributed by atoms with Gasteiger partial charge in [0, 0.05) is 18.6 Å². The minimum Gasteiger partial charge on any atom is -0.259 e. The molecular formula is C8H7N3. The zero-order valence-electron chi connectivity index (χ0n) is 6.15. The molecule has 2 heterocycles. The molecule has 0 aliphatic carbocycles. The van der Waals surface area contributed by atoms with Crippen LogP contribution >= 0.6 is 0 Å². The Hall–Kier alpha value is -1.51. The third-order valence-corrected chi connectivity index (χ3v) is 1.57. The van der Waals surface area contributed by atoms with Gasteiger partial charge in [-0.3, -0.25) is 15.0 Å². The molecule has 0 aliphatic heterocycles. The first kappa shape index (κ1) is 6.22. The maximum absolute atomic E-state index is 4.16. The lowest BCUT2D eigenvalue weighted by Crippen LogP contribution is -1.87. The van der Waals surface area contributed by atoms with Crippen LogP contribution in [0, 0.1) is 6.92 Å². The third-order valence-electron chi connectivity index (χ3n) is 1.57. The van der Waals surface area contributed by atoms with E-state index in [9.17, 15) is 0 Å². The number of hydrogen-bond acceptors (Lipinski definition) is 3. The van der Waals surface area contributed by atoms with Crippen LogP contribution in [0.1, 0.15) is 5.69 Å². The van der Waals surface area contributed by atoms with Crippen molar-refractivity contribution < 1.29 is 0 Å². The molecule has 3 heteroatoms. The average Bonchev–Trinajstić information content (AvgIpc) is 2.06. The number of fused-ring (bicyclic) bond motifs is 1. The van der Waals surface area contributed by atoms with Crippen molar-refractivity contribution in [3.05, 3.63) is 30.4 Å². The van der Waals surface area contributed by atoms with Crippen molar-refractivity contribution in [2.24, 2.45) is 0 Å². The van der Waals surface area contributed by atoms with Gasteiger partial charge in [0.05, 0.1) is 11.2 Å². The Bertz CT molecular complexity index is 378. The predicted molar refractivity (Wildman–Crippen MR) is 42.1 cm³/mol. The summed E-state index contributed by atoms with van der Waals surface area (Å²) < 4.78 is 0. The van der Waals surface area contributed by atoms with Crippen LogP contribution in [0.5, 0.6) is 0 Å². The summed E-state index contributed by atoms with van der Waals surface area (Å²) in [6.45, 7) is 1.93. The van der Waals surface area contributed by atoms with E-state index in [0.717, 1.165) is 16.7 Å². The molecule has 0 bridgehead atoms. The number of pyridine rings is 1. The second-order valence-corrected chi connectivity index (χ2v) is 2.32. The molecule has 0 saturated carbocycles. The average molecular weight is 145 g/mol. The van der Waals surface area contributed by atoms with Gasteiger partial charge in [-0.25, -0.2) is 0 Å². The van der Waals surface area contributed by atoms with Gasteiger partial charge < -0.3 is 0 Å². The topological polar surface area (TPSA) is 38.7 Å². The van der Waals surface area contributed by atoms with Gasteiger partial charge in [-0.1, -0.05) is 0 Å². The predicted octanol–water partition coefficient (Wildman–Crippen LogP) is 1.33. The fourth-order valence-electron chi connectivity index (χ4n) is 1.03. The summed E-state index contributed by atoms with van der Waals surface area (Å²) in [7, 11) is 0. The van der Waals surface area contributed by atoms with Crippen LogP contribution in [0.25, 0.3) is 11.0 Å².